The number of ether oxygens (including phenoxy) is 1. The lowest BCUT2D eigenvalue weighted by atomic mass is 9.82. The molecular formula is C15H20O3. The van der Waals surface area contributed by atoms with Crippen molar-refractivity contribution in [3.8, 4) is 0 Å². The average Bonchev–Trinajstić information content (AvgIpc) is 3.10. The minimum atomic E-state index is -0.704. The monoisotopic (exact) mass is 248 g/mol. The zero-order valence-corrected chi connectivity index (χ0v) is 11.2. The molecule has 1 fully saturated rings. The summed E-state index contributed by atoms with van der Waals surface area (Å²) in [4.78, 5) is 11.3. The molecule has 1 saturated carbocycles. The lowest BCUT2D eigenvalue weighted by molar-refractivity contribution is -0.140. The Hall–Kier alpha value is -1.35. The van der Waals surface area contributed by atoms with Crippen LogP contribution in [0, 0.1) is 0 Å². The zero-order valence-electron chi connectivity index (χ0n) is 11.2. The highest BCUT2D eigenvalue weighted by Gasteiger charge is 2.51. The number of rotatable bonds is 5. The van der Waals surface area contributed by atoms with Crippen LogP contribution in [0.25, 0.3) is 0 Å². The molecule has 1 aliphatic rings. The normalized spacial score (nSPS) is 17.5. The summed E-state index contributed by atoms with van der Waals surface area (Å²) in [5, 5.41) is 9.33. The molecule has 0 unspecified atom stereocenters. The van der Waals surface area contributed by atoms with Gasteiger partial charge in [-0.1, -0.05) is 38.1 Å². The first-order valence-corrected chi connectivity index (χ1v) is 6.26. The molecule has 1 aromatic rings. The number of carboxylic acids is 1. The van der Waals surface area contributed by atoms with Crippen LogP contribution >= 0.6 is 0 Å². The molecule has 3 heteroatoms. The van der Waals surface area contributed by atoms with E-state index in [9.17, 15) is 9.90 Å². The van der Waals surface area contributed by atoms with Gasteiger partial charge < -0.3 is 9.84 Å². The van der Waals surface area contributed by atoms with Crippen LogP contribution in [0.2, 0.25) is 0 Å². The molecule has 0 amide bonds. The smallest absolute Gasteiger partial charge is 0.314 e. The third kappa shape index (κ3) is 2.15. The summed E-state index contributed by atoms with van der Waals surface area (Å²) in [6.45, 7) is 4.84. The van der Waals surface area contributed by atoms with Crippen molar-refractivity contribution in [1.82, 2.24) is 0 Å². The van der Waals surface area contributed by atoms with Crippen LogP contribution < -0.4 is 0 Å². The molecule has 98 valence electrons. The predicted octanol–water partition coefficient (Wildman–Crippen LogP) is 2.73. The lowest BCUT2D eigenvalue weighted by Gasteiger charge is -2.25. The van der Waals surface area contributed by atoms with Crippen LogP contribution in [0.15, 0.2) is 24.3 Å². The summed E-state index contributed by atoms with van der Waals surface area (Å²) in [5.74, 6) is -0.704. The van der Waals surface area contributed by atoms with Crippen LogP contribution in [0.3, 0.4) is 0 Å². The van der Waals surface area contributed by atoms with Crippen LogP contribution in [-0.2, 0) is 20.4 Å². The Labute approximate surface area is 108 Å². The van der Waals surface area contributed by atoms with Gasteiger partial charge in [0, 0.05) is 12.5 Å². The molecule has 0 heterocycles. The third-order valence-electron chi connectivity index (χ3n) is 3.86. The second kappa shape index (κ2) is 4.39. The average molecular weight is 248 g/mol. The summed E-state index contributed by atoms with van der Waals surface area (Å²) in [7, 11) is 1.69. The van der Waals surface area contributed by atoms with Crippen LogP contribution in [0.5, 0.6) is 0 Å². The van der Waals surface area contributed by atoms with Gasteiger partial charge in [-0.3, -0.25) is 4.79 Å². The molecule has 18 heavy (non-hydrogen) atoms. The van der Waals surface area contributed by atoms with Crippen LogP contribution in [-0.4, -0.2) is 24.8 Å². The van der Waals surface area contributed by atoms with Gasteiger partial charge in [-0.05, 0) is 24.0 Å². The standard InChI is InChI=1S/C15H20O3/c1-14(2,10-18-3)11-5-4-6-12(9-11)15(7-8-15)13(16)17/h4-6,9H,7-8,10H2,1-3H3,(H,16,17). The van der Waals surface area contributed by atoms with Crippen molar-refractivity contribution in [3.63, 3.8) is 0 Å². The summed E-state index contributed by atoms with van der Waals surface area (Å²) in [6, 6.07) is 7.94. The van der Waals surface area contributed by atoms with Gasteiger partial charge in [0.25, 0.3) is 0 Å². The third-order valence-corrected chi connectivity index (χ3v) is 3.86. The largest absolute Gasteiger partial charge is 0.481 e. The first-order chi connectivity index (χ1) is 8.42. The summed E-state index contributed by atoms with van der Waals surface area (Å²) >= 11 is 0. The van der Waals surface area contributed by atoms with Crippen molar-refractivity contribution in [2.75, 3.05) is 13.7 Å². The summed E-state index contributed by atoms with van der Waals surface area (Å²) in [5.41, 5.74) is 1.34. The molecule has 0 spiro atoms. The highest BCUT2D eigenvalue weighted by Crippen LogP contribution is 2.49. The summed E-state index contributed by atoms with van der Waals surface area (Å²) in [6.07, 6.45) is 1.49. The van der Waals surface area contributed by atoms with Gasteiger partial charge in [-0.2, -0.15) is 0 Å². The minimum Gasteiger partial charge on any atom is -0.481 e. The van der Waals surface area contributed by atoms with Gasteiger partial charge in [0.05, 0.1) is 12.0 Å². The SMILES string of the molecule is COCC(C)(C)c1cccc(C2(C(=O)O)CC2)c1. The first kappa shape index (κ1) is 13.1. The maximum atomic E-state index is 11.3. The van der Waals surface area contributed by atoms with Crippen molar-refractivity contribution in [1.29, 1.82) is 0 Å². The second-order valence-electron chi connectivity index (χ2n) is 5.78. The molecule has 2 rings (SSSR count). The van der Waals surface area contributed by atoms with E-state index >= 15 is 0 Å². The first-order valence-electron chi connectivity index (χ1n) is 6.26. The molecule has 0 aliphatic heterocycles. The minimum absolute atomic E-state index is 0.0979. The molecule has 0 atom stereocenters. The number of hydrogen-bond donors (Lipinski definition) is 1. The van der Waals surface area contributed by atoms with E-state index in [-0.39, 0.29) is 5.41 Å². The van der Waals surface area contributed by atoms with E-state index in [1.54, 1.807) is 7.11 Å². The van der Waals surface area contributed by atoms with Crippen molar-refractivity contribution in [3.05, 3.63) is 35.4 Å². The Morgan fingerprint density at radius 2 is 2.11 bits per heavy atom. The van der Waals surface area contributed by atoms with Gasteiger partial charge in [-0.15, -0.1) is 0 Å². The van der Waals surface area contributed by atoms with E-state index in [0.29, 0.717) is 6.61 Å². The molecule has 3 nitrogen and oxygen atoms in total. The molecule has 1 aliphatic carbocycles. The highest BCUT2D eigenvalue weighted by molar-refractivity contribution is 5.85. The second-order valence-corrected chi connectivity index (χ2v) is 5.78. The molecule has 0 saturated heterocycles. The fraction of sp³-hybridized carbons (Fsp3) is 0.533. The van der Waals surface area contributed by atoms with E-state index in [4.69, 9.17) is 4.74 Å². The van der Waals surface area contributed by atoms with Gasteiger partial charge in [-0.25, -0.2) is 0 Å². The molecular weight excluding hydrogens is 228 g/mol. The van der Waals surface area contributed by atoms with Crippen molar-refractivity contribution < 1.29 is 14.6 Å². The van der Waals surface area contributed by atoms with Gasteiger partial charge in [0.15, 0.2) is 0 Å². The van der Waals surface area contributed by atoms with Crippen molar-refractivity contribution in [2.24, 2.45) is 0 Å². The Morgan fingerprint density at radius 1 is 1.44 bits per heavy atom. The fourth-order valence-corrected chi connectivity index (χ4v) is 2.43. The van der Waals surface area contributed by atoms with Crippen LogP contribution in [0.4, 0.5) is 0 Å². The van der Waals surface area contributed by atoms with E-state index in [0.717, 1.165) is 24.0 Å². The molecule has 0 radical (unpaired) electrons. The Kier molecular flexibility index (Phi) is 3.20. The van der Waals surface area contributed by atoms with E-state index in [1.807, 2.05) is 24.3 Å². The number of benzene rings is 1. The Bertz CT molecular complexity index is 459. The van der Waals surface area contributed by atoms with Crippen molar-refractivity contribution in [2.45, 2.75) is 37.5 Å². The Balaban J connectivity index is 2.34. The van der Waals surface area contributed by atoms with Gasteiger partial charge in [0.2, 0.25) is 0 Å². The zero-order chi connectivity index (χ0) is 13.4. The molecule has 1 aromatic carbocycles. The number of methoxy groups -OCH3 is 1. The highest BCUT2D eigenvalue weighted by atomic mass is 16.5. The fourth-order valence-electron chi connectivity index (χ4n) is 2.43. The van der Waals surface area contributed by atoms with Gasteiger partial charge in [0.1, 0.15) is 0 Å². The number of carbonyl (C=O) groups is 1. The topological polar surface area (TPSA) is 46.5 Å². The number of carboxylic acid groups (broad SMARTS) is 1. The quantitative estimate of drug-likeness (QED) is 0.871. The van der Waals surface area contributed by atoms with Crippen LogP contribution in [0.1, 0.15) is 37.8 Å². The summed E-state index contributed by atoms with van der Waals surface area (Å²) < 4.78 is 5.23. The molecule has 1 N–H and O–H groups in total. The maximum absolute atomic E-state index is 11.3. The number of aliphatic carboxylic acids is 1. The maximum Gasteiger partial charge on any atom is 0.314 e. The van der Waals surface area contributed by atoms with E-state index < -0.39 is 11.4 Å². The van der Waals surface area contributed by atoms with Gasteiger partial charge >= 0.3 is 5.97 Å². The predicted molar refractivity (Wildman–Crippen MR) is 69.9 cm³/mol. The lowest BCUT2D eigenvalue weighted by Crippen LogP contribution is -2.25. The van der Waals surface area contributed by atoms with Crippen molar-refractivity contribution >= 4 is 5.97 Å². The van der Waals surface area contributed by atoms with E-state index in [2.05, 4.69) is 13.8 Å². The Morgan fingerprint density at radius 3 is 2.61 bits per heavy atom. The molecule has 0 bridgehead atoms. The molecule has 0 aromatic heterocycles. The van der Waals surface area contributed by atoms with E-state index in [1.165, 1.54) is 0 Å². The number of hydrogen-bond acceptors (Lipinski definition) is 2.